The minimum Gasteiger partial charge on any atom is -0.368 e. The zero-order chi connectivity index (χ0) is 16.9. The lowest BCUT2D eigenvalue weighted by molar-refractivity contribution is 0.982. The number of thioether (sulfide) groups is 1. The molecule has 1 aromatic heterocycles. The van der Waals surface area contributed by atoms with Crippen molar-refractivity contribution in [3.8, 4) is 0 Å². The van der Waals surface area contributed by atoms with E-state index in [9.17, 15) is 0 Å². The van der Waals surface area contributed by atoms with Crippen molar-refractivity contribution in [1.29, 1.82) is 0 Å². The van der Waals surface area contributed by atoms with E-state index in [2.05, 4.69) is 52.3 Å². The molecule has 0 amide bonds. The lowest BCUT2D eigenvalue weighted by atomic mass is 10.1. The number of anilines is 3. The number of hydrogen-bond donors (Lipinski definition) is 2. The Morgan fingerprint density at radius 3 is 2.50 bits per heavy atom. The van der Waals surface area contributed by atoms with Gasteiger partial charge in [0.1, 0.15) is 5.82 Å². The van der Waals surface area contributed by atoms with Gasteiger partial charge in [-0.2, -0.15) is 15.0 Å². The van der Waals surface area contributed by atoms with Gasteiger partial charge in [-0.15, -0.1) is 11.8 Å². The molecule has 3 aromatic rings. The monoisotopic (exact) mass is 337 g/mol. The smallest absolute Gasteiger partial charge is 0.232 e. The molecular formula is C18H19N5S. The van der Waals surface area contributed by atoms with Crippen molar-refractivity contribution in [3.05, 3.63) is 65.5 Å². The Balaban J connectivity index is 1.72. The predicted molar refractivity (Wildman–Crippen MR) is 99.4 cm³/mol. The molecule has 0 fully saturated rings. The zero-order valence-electron chi connectivity index (χ0n) is 13.7. The van der Waals surface area contributed by atoms with E-state index < -0.39 is 0 Å². The number of para-hydroxylation sites is 1. The second kappa shape index (κ2) is 7.31. The molecule has 0 atom stereocenters. The average Bonchev–Trinajstić information content (AvgIpc) is 2.56. The van der Waals surface area contributed by atoms with Crippen molar-refractivity contribution in [2.75, 3.05) is 11.1 Å². The van der Waals surface area contributed by atoms with Gasteiger partial charge in [-0.1, -0.05) is 24.3 Å². The molecule has 0 saturated carbocycles. The zero-order valence-corrected chi connectivity index (χ0v) is 14.5. The quantitative estimate of drug-likeness (QED) is 0.682. The van der Waals surface area contributed by atoms with E-state index in [1.807, 2.05) is 30.3 Å². The molecule has 3 rings (SSSR count). The van der Waals surface area contributed by atoms with Crippen molar-refractivity contribution in [1.82, 2.24) is 15.0 Å². The molecule has 0 aliphatic carbocycles. The van der Waals surface area contributed by atoms with Gasteiger partial charge in [0.2, 0.25) is 11.9 Å². The van der Waals surface area contributed by atoms with Crippen LogP contribution in [0.25, 0.3) is 0 Å². The van der Waals surface area contributed by atoms with E-state index in [-0.39, 0.29) is 5.95 Å². The van der Waals surface area contributed by atoms with Crippen LogP contribution < -0.4 is 11.1 Å². The second-order valence-electron chi connectivity index (χ2n) is 5.46. The van der Waals surface area contributed by atoms with Crippen molar-refractivity contribution in [2.24, 2.45) is 0 Å². The van der Waals surface area contributed by atoms with Crippen LogP contribution in [0.5, 0.6) is 0 Å². The van der Waals surface area contributed by atoms with Gasteiger partial charge in [0.05, 0.1) is 5.75 Å². The van der Waals surface area contributed by atoms with E-state index in [1.165, 1.54) is 16.0 Å². The molecule has 24 heavy (non-hydrogen) atoms. The number of nitrogens with two attached hydrogens (primary N) is 1. The summed E-state index contributed by atoms with van der Waals surface area (Å²) in [6.45, 7) is 4.22. The molecule has 0 aliphatic rings. The minimum absolute atomic E-state index is 0.221. The maximum absolute atomic E-state index is 5.81. The van der Waals surface area contributed by atoms with Crippen molar-refractivity contribution >= 4 is 29.3 Å². The van der Waals surface area contributed by atoms with Gasteiger partial charge in [-0.05, 0) is 49.2 Å². The summed E-state index contributed by atoms with van der Waals surface area (Å²) in [5, 5.41) is 3.15. The number of rotatable bonds is 5. The normalized spacial score (nSPS) is 10.6. The summed E-state index contributed by atoms with van der Waals surface area (Å²) in [6, 6.07) is 16.2. The maximum atomic E-state index is 5.81. The minimum atomic E-state index is 0.221. The van der Waals surface area contributed by atoms with E-state index in [1.54, 1.807) is 11.8 Å². The Morgan fingerprint density at radius 1 is 0.958 bits per heavy atom. The SMILES string of the molecule is Cc1ccc(SCc2nc(N)nc(Nc3ccccc3)n2)cc1C. The Morgan fingerprint density at radius 2 is 1.75 bits per heavy atom. The van der Waals surface area contributed by atoms with E-state index in [0.29, 0.717) is 17.5 Å². The summed E-state index contributed by atoms with van der Waals surface area (Å²) in [5.74, 6) is 1.98. The summed E-state index contributed by atoms with van der Waals surface area (Å²) in [4.78, 5) is 14.0. The van der Waals surface area contributed by atoms with Gasteiger partial charge in [0.25, 0.3) is 0 Å². The van der Waals surface area contributed by atoms with E-state index >= 15 is 0 Å². The highest BCUT2D eigenvalue weighted by Crippen LogP contribution is 2.24. The molecule has 1 heterocycles. The number of aryl methyl sites for hydroxylation is 2. The summed E-state index contributed by atoms with van der Waals surface area (Å²) in [6.07, 6.45) is 0. The van der Waals surface area contributed by atoms with Crippen LogP contribution in [0.2, 0.25) is 0 Å². The Bertz CT molecular complexity index is 836. The first-order valence-corrected chi connectivity index (χ1v) is 8.61. The highest BCUT2D eigenvalue weighted by molar-refractivity contribution is 7.98. The first kappa shape index (κ1) is 16.3. The molecule has 0 saturated heterocycles. The number of nitrogens with one attached hydrogen (secondary N) is 1. The highest BCUT2D eigenvalue weighted by Gasteiger charge is 2.06. The molecule has 122 valence electrons. The molecule has 2 aromatic carbocycles. The van der Waals surface area contributed by atoms with Crippen LogP contribution in [-0.4, -0.2) is 15.0 Å². The lowest BCUT2D eigenvalue weighted by Gasteiger charge is -2.08. The number of aromatic nitrogens is 3. The summed E-state index contributed by atoms with van der Waals surface area (Å²) < 4.78 is 0. The topological polar surface area (TPSA) is 76.7 Å². The molecule has 3 N–H and O–H groups in total. The largest absolute Gasteiger partial charge is 0.368 e. The highest BCUT2D eigenvalue weighted by atomic mass is 32.2. The molecule has 0 aliphatic heterocycles. The molecule has 0 bridgehead atoms. The molecule has 0 spiro atoms. The second-order valence-corrected chi connectivity index (χ2v) is 6.51. The van der Waals surface area contributed by atoms with Crippen LogP contribution in [0, 0.1) is 13.8 Å². The number of hydrogen-bond acceptors (Lipinski definition) is 6. The standard InChI is InChI=1S/C18H19N5S/c1-12-8-9-15(10-13(12)2)24-11-16-21-17(19)23-18(22-16)20-14-6-4-3-5-7-14/h3-10H,11H2,1-2H3,(H3,19,20,21,22,23). The summed E-state index contributed by atoms with van der Waals surface area (Å²) in [5.41, 5.74) is 9.30. The van der Waals surface area contributed by atoms with Crippen LogP contribution in [0.1, 0.15) is 17.0 Å². The maximum Gasteiger partial charge on any atom is 0.232 e. The van der Waals surface area contributed by atoms with Gasteiger partial charge in [-0.25, -0.2) is 0 Å². The Labute approximate surface area is 145 Å². The summed E-state index contributed by atoms with van der Waals surface area (Å²) >= 11 is 1.68. The molecule has 0 radical (unpaired) electrons. The van der Waals surface area contributed by atoms with Crippen LogP contribution in [0.4, 0.5) is 17.6 Å². The van der Waals surface area contributed by atoms with Gasteiger partial charge >= 0.3 is 0 Å². The lowest BCUT2D eigenvalue weighted by Crippen LogP contribution is -2.06. The fraction of sp³-hybridized carbons (Fsp3) is 0.167. The fourth-order valence-electron chi connectivity index (χ4n) is 2.16. The first-order chi connectivity index (χ1) is 11.6. The van der Waals surface area contributed by atoms with Crippen LogP contribution in [0.15, 0.2) is 53.4 Å². The number of nitrogens with zero attached hydrogens (tertiary/aromatic N) is 3. The third-order valence-electron chi connectivity index (χ3n) is 3.58. The van der Waals surface area contributed by atoms with Gasteiger partial charge in [0.15, 0.2) is 0 Å². The van der Waals surface area contributed by atoms with E-state index in [4.69, 9.17) is 5.73 Å². The van der Waals surface area contributed by atoms with E-state index in [0.717, 1.165) is 5.69 Å². The third kappa shape index (κ3) is 4.23. The van der Waals surface area contributed by atoms with Gasteiger partial charge in [0, 0.05) is 10.6 Å². The van der Waals surface area contributed by atoms with Crippen molar-refractivity contribution in [2.45, 2.75) is 24.5 Å². The van der Waals surface area contributed by atoms with Crippen molar-refractivity contribution < 1.29 is 0 Å². The van der Waals surface area contributed by atoms with Crippen molar-refractivity contribution in [3.63, 3.8) is 0 Å². The van der Waals surface area contributed by atoms with Gasteiger partial charge < -0.3 is 11.1 Å². The summed E-state index contributed by atoms with van der Waals surface area (Å²) in [7, 11) is 0. The first-order valence-electron chi connectivity index (χ1n) is 7.63. The molecule has 0 unspecified atom stereocenters. The molecule has 6 heteroatoms. The molecular weight excluding hydrogens is 318 g/mol. The van der Waals surface area contributed by atoms with Gasteiger partial charge in [-0.3, -0.25) is 0 Å². The Hall–Kier alpha value is -2.60. The third-order valence-corrected chi connectivity index (χ3v) is 4.57. The predicted octanol–water partition coefficient (Wildman–Crippen LogP) is 4.11. The van der Waals surface area contributed by atoms with Crippen LogP contribution in [-0.2, 0) is 5.75 Å². The average molecular weight is 337 g/mol. The van der Waals surface area contributed by atoms with Crippen LogP contribution in [0.3, 0.4) is 0 Å². The Kier molecular flexibility index (Phi) is 4.96. The molecule has 5 nitrogen and oxygen atoms in total. The number of benzene rings is 2. The number of nitrogen functional groups attached to an aromatic ring is 1. The van der Waals surface area contributed by atoms with Crippen LogP contribution >= 0.6 is 11.8 Å². The fourth-order valence-corrected chi connectivity index (χ4v) is 3.01.